The molecule has 0 amide bonds. The van der Waals surface area contributed by atoms with E-state index >= 15 is 0 Å². The molecule has 108 valence electrons. The number of benzene rings is 1. The second kappa shape index (κ2) is 6.65. The Bertz CT molecular complexity index is 407. The van der Waals surface area contributed by atoms with Gasteiger partial charge in [-0.3, -0.25) is 0 Å². The Balaban J connectivity index is 2.86. The van der Waals surface area contributed by atoms with Gasteiger partial charge in [0.25, 0.3) is 0 Å². The topological polar surface area (TPSA) is 30.5 Å². The molecular weight excluding hydrogens is 259 g/mol. The maximum Gasteiger partial charge on any atom is 0.389 e. The van der Waals surface area contributed by atoms with Gasteiger partial charge in [0.05, 0.1) is 14.2 Å². The van der Waals surface area contributed by atoms with Crippen molar-refractivity contribution in [3.8, 4) is 11.5 Å². The Labute approximate surface area is 110 Å². The summed E-state index contributed by atoms with van der Waals surface area (Å²) in [6.07, 6.45) is -4.99. The van der Waals surface area contributed by atoms with E-state index in [4.69, 9.17) is 9.47 Å². The molecule has 0 spiro atoms. The summed E-state index contributed by atoms with van der Waals surface area (Å²) in [6.45, 7) is 0. The van der Waals surface area contributed by atoms with E-state index in [9.17, 15) is 13.2 Å². The molecule has 0 aliphatic carbocycles. The average Bonchev–Trinajstić information content (AvgIpc) is 2.37. The summed E-state index contributed by atoms with van der Waals surface area (Å²) in [6, 6.07) is 4.74. The standard InChI is InChI=1S/C13H18F3NO2/c1-17-10(6-7-13(14,15)16)9-4-5-11(18-2)12(8-9)19-3/h4-5,8,10,17H,6-7H2,1-3H3. The Hall–Kier alpha value is -1.43. The van der Waals surface area contributed by atoms with Crippen molar-refractivity contribution >= 4 is 0 Å². The fraction of sp³-hybridized carbons (Fsp3) is 0.538. The SMILES string of the molecule is CNC(CCC(F)(F)F)c1ccc(OC)c(OC)c1. The van der Waals surface area contributed by atoms with Gasteiger partial charge in [0.1, 0.15) is 0 Å². The van der Waals surface area contributed by atoms with Gasteiger partial charge in [0, 0.05) is 12.5 Å². The smallest absolute Gasteiger partial charge is 0.389 e. The third-order valence-corrected chi connectivity index (χ3v) is 2.87. The minimum atomic E-state index is -4.15. The van der Waals surface area contributed by atoms with Crippen LogP contribution in [0.4, 0.5) is 13.2 Å². The van der Waals surface area contributed by atoms with Crippen LogP contribution in [-0.2, 0) is 0 Å². The van der Waals surface area contributed by atoms with E-state index in [1.54, 1.807) is 25.2 Å². The number of hydrogen-bond donors (Lipinski definition) is 1. The first-order chi connectivity index (χ1) is 8.91. The van der Waals surface area contributed by atoms with Gasteiger partial charge in [-0.1, -0.05) is 6.07 Å². The molecule has 1 atom stereocenters. The highest BCUT2D eigenvalue weighted by Gasteiger charge is 2.28. The number of hydrogen-bond acceptors (Lipinski definition) is 3. The molecular formula is C13H18F3NO2. The van der Waals surface area contributed by atoms with Crippen molar-refractivity contribution in [1.82, 2.24) is 5.32 Å². The number of ether oxygens (including phenoxy) is 2. The molecule has 0 saturated carbocycles. The minimum absolute atomic E-state index is 0.0184. The molecule has 1 aromatic carbocycles. The highest BCUT2D eigenvalue weighted by atomic mass is 19.4. The second-order valence-corrected chi connectivity index (χ2v) is 4.11. The predicted octanol–water partition coefficient (Wildman–Crippen LogP) is 3.31. The van der Waals surface area contributed by atoms with Crippen molar-refractivity contribution in [3.05, 3.63) is 23.8 Å². The first kappa shape index (κ1) is 15.6. The van der Waals surface area contributed by atoms with Gasteiger partial charge in [-0.15, -0.1) is 0 Å². The van der Waals surface area contributed by atoms with Gasteiger partial charge in [-0.25, -0.2) is 0 Å². The van der Waals surface area contributed by atoms with E-state index in [1.807, 2.05) is 0 Å². The number of halogens is 3. The van der Waals surface area contributed by atoms with Crippen molar-refractivity contribution in [2.75, 3.05) is 21.3 Å². The van der Waals surface area contributed by atoms with Gasteiger partial charge in [0.2, 0.25) is 0 Å². The molecule has 0 heterocycles. The molecule has 3 nitrogen and oxygen atoms in total. The predicted molar refractivity (Wildman–Crippen MR) is 66.6 cm³/mol. The Morgan fingerprint density at radius 3 is 2.26 bits per heavy atom. The molecule has 0 fully saturated rings. The largest absolute Gasteiger partial charge is 0.493 e. The molecule has 1 N–H and O–H groups in total. The lowest BCUT2D eigenvalue weighted by Crippen LogP contribution is -2.19. The highest BCUT2D eigenvalue weighted by Crippen LogP contribution is 2.33. The molecule has 1 aromatic rings. The summed E-state index contributed by atoms with van der Waals surface area (Å²) < 4.78 is 47.0. The monoisotopic (exact) mass is 277 g/mol. The molecule has 0 saturated heterocycles. The summed E-state index contributed by atoms with van der Waals surface area (Å²) in [4.78, 5) is 0. The van der Waals surface area contributed by atoms with Gasteiger partial charge < -0.3 is 14.8 Å². The molecule has 0 aliphatic heterocycles. The first-order valence-electron chi connectivity index (χ1n) is 5.87. The van der Waals surface area contributed by atoms with Crippen LogP contribution in [0.5, 0.6) is 11.5 Å². The third-order valence-electron chi connectivity index (χ3n) is 2.87. The first-order valence-corrected chi connectivity index (χ1v) is 5.87. The van der Waals surface area contributed by atoms with Crippen molar-refractivity contribution in [2.24, 2.45) is 0 Å². The lowest BCUT2D eigenvalue weighted by Gasteiger charge is -2.19. The van der Waals surface area contributed by atoms with Gasteiger partial charge in [-0.05, 0) is 31.2 Å². The highest BCUT2D eigenvalue weighted by molar-refractivity contribution is 5.43. The van der Waals surface area contributed by atoms with E-state index in [0.717, 1.165) is 5.56 Å². The van der Waals surface area contributed by atoms with E-state index in [2.05, 4.69) is 5.32 Å². The second-order valence-electron chi connectivity index (χ2n) is 4.11. The average molecular weight is 277 g/mol. The number of methoxy groups -OCH3 is 2. The van der Waals surface area contributed by atoms with Crippen molar-refractivity contribution < 1.29 is 22.6 Å². The van der Waals surface area contributed by atoms with Crippen LogP contribution >= 0.6 is 0 Å². The Morgan fingerprint density at radius 2 is 1.79 bits per heavy atom. The van der Waals surface area contributed by atoms with Crippen molar-refractivity contribution in [3.63, 3.8) is 0 Å². The maximum absolute atomic E-state index is 12.3. The van der Waals surface area contributed by atoms with Gasteiger partial charge >= 0.3 is 6.18 Å². The number of nitrogens with one attached hydrogen (secondary N) is 1. The molecule has 0 bridgehead atoms. The van der Waals surface area contributed by atoms with Gasteiger partial charge in [0.15, 0.2) is 11.5 Å². The van der Waals surface area contributed by atoms with Crippen LogP contribution in [-0.4, -0.2) is 27.4 Å². The maximum atomic E-state index is 12.3. The molecule has 6 heteroatoms. The van der Waals surface area contributed by atoms with Crippen LogP contribution in [0.1, 0.15) is 24.4 Å². The van der Waals surface area contributed by atoms with Crippen LogP contribution in [0, 0.1) is 0 Å². The summed E-state index contributed by atoms with van der Waals surface area (Å²) in [5.41, 5.74) is 0.740. The summed E-state index contributed by atoms with van der Waals surface area (Å²) >= 11 is 0. The lowest BCUT2D eigenvalue weighted by molar-refractivity contribution is -0.136. The van der Waals surface area contributed by atoms with E-state index < -0.39 is 12.6 Å². The van der Waals surface area contributed by atoms with Crippen LogP contribution in [0.2, 0.25) is 0 Å². The third kappa shape index (κ3) is 4.63. The van der Waals surface area contributed by atoms with Crippen molar-refractivity contribution in [2.45, 2.75) is 25.1 Å². The van der Waals surface area contributed by atoms with Crippen LogP contribution in [0.3, 0.4) is 0 Å². The number of rotatable bonds is 6. The molecule has 1 rings (SSSR count). The van der Waals surface area contributed by atoms with E-state index in [1.165, 1.54) is 14.2 Å². The molecule has 1 unspecified atom stereocenters. The molecule has 0 aliphatic rings. The van der Waals surface area contributed by atoms with E-state index in [0.29, 0.717) is 11.5 Å². The summed E-state index contributed by atoms with van der Waals surface area (Å²) in [5, 5.41) is 2.88. The van der Waals surface area contributed by atoms with Crippen LogP contribution in [0.25, 0.3) is 0 Å². The molecule has 19 heavy (non-hydrogen) atoms. The molecule has 0 aromatic heterocycles. The fourth-order valence-corrected chi connectivity index (χ4v) is 1.86. The zero-order valence-corrected chi connectivity index (χ0v) is 11.2. The minimum Gasteiger partial charge on any atom is -0.493 e. The van der Waals surface area contributed by atoms with Gasteiger partial charge in [-0.2, -0.15) is 13.2 Å². The zero-order chi connectivity index (χ0) is 14.5. The quantitative estimate of drug-likeness (QED) is 0.865. The summed E-state index contributed by atoms with van der Waals surface area (Å²) in [5.74, 6) is 1.06. The van der Waals surface area contributed by atoms with E-state index in [-0.39, 0.29) is 12.5 Å². The Kier molecular flexibility index (Phi) is 5.47. The fourth-order valence-electron chi connectivity index (χ4n) is 1.86. The zero-order valence-electron chi connectivity index (χ0n) is 11.2. The summed E-state index contributed by atoms with van der Waals surface area (Å²) in [7, 11) is 4.64. The van der Waals surface area contributed by atoms with Crippen molar-refractivity contribution in [1.29, 1.82) is 0 Å². The Morgan fingerprint density at radius 1 is 1.16 bits per heavy atom. The van der Waals surface area contributed by atoms with Crippen LogP contribution in [0.15, 0.2) is 18.2 Å². The van der Waals surface area contributed by atoms with Crippen LogP contribution < -0.4 is 14.8 Å². The number of alkyl halides is 3. The normalized spacial score (nSPS) is 13.2. The molecule has 0 radical (unpaired) electrons. The lowest BCUT2D eigenvalue weighted by atomic mass is 10.0.